The van der Waals surface area contributed by atoms with Gasteiger partial charge in [-0.1, -0.05) is 24.3 Å². The lowest BCUT2D eigenvalue weighted by atomic mass is 10.0. The molecule has 7 nitrogen and oxygen atoms in total. The highest BCUT2D eigenvalue weighted by molar-refractivity contribution is 5.99. The zero-order chi connectivity index (χ0) is 19.9. The molecule has 148 valence electrons. The number of carbonyl (C=O) groups is 1. The van der Waals surface area contributed by atoms with E-state index in [-0.39, 0.29) is 17.0 Å². The van der Waals surface area contributed by atoms with E-state index >= 15 is 0 Å². The molecular formula is C21H25N3O4. The third-order valence-electron chi connectivity index (χ3n) is 5.08. The summed E-state index contributed by atoms with van der Waals surface area (Å²) in [5, 5.41) is 11.1. The van der Waals surface area contributed by atoms with Crippen molar-refractivity contribution in [3.8, 4) is 5.75 Å². The summed E-state index contributed by atoms with van der Waals surface area (Å²) in [6.07, 6.45) is 1.01. The van der Waals surface area contributed by atoms with E-state index in [1.165, 1.54) is 12.1 Å². The number of rotatable bonds is 8. The Kier molecular flexibility index (Phi) is 6.60. The van der Waals surface area contributed by atoms with Gasteiger partial charge in [-0.2, -0.15) is 0 Å². The number of anilines is 1. The average molecular weight is 383 g/mol. The van der Waals surface area contributed by atoms with E-state index in [4.69, 9.17) is 4.74 Å². The van der Waals surface area contributed by atoms with Crippen LogP contribution < -0.4 is 9.64 Å². The first kappa shape index (κ1) is 19.8. The van der Waals surface area contributed by atoms with Gasteiger partial charge in [0.1, 0.15) is 5.75 Å². The highest BCUT2D eigenvalue weighted by Crippen LogP contribution is 2.28. The summed E-state index contributed by atoms with van der Waals surface area (Å²) in [4.78, 5) is 27.6. The zero-order valence-corrected chi connectivity index (χ0v) is 16.0. The largest absolute Gasteiger partial charge is 0.495 e. The van der Waals surface area contributed by atoms with Gasteiger partial charge in [0, 0.05) is 38.7 Å². The van der Waals surface area contributed by atoms with Crippen molar-refractivity contribution >= 4 is 17.2 Å². The van der Waals surface area contributed by atoms with Gasteiger partial charge in [-0.25, -0.2) is 0 Å². The number of nitrogens with zero attached hydrogens (tertiary/aromatic N) is 3. The van der Waals surface area contributed by atoms with Gasteiger partial charge < -0.3 is 9.64 Å². The predicted octanol–water partition coefficient (Wildman–Crippen LogP) is 3.39. The maximum absolute atomic E-state index is 12.4. The minimum absolute atomic E-state index is 0.113. The molecule has 3 rings (SSSR count). The molecule has 0 atom stereocenters. The first-order valence-corrected chi connectivity index (χ1v) is 9.47. The molecule has 7 heteroatoms. The van der Waals surface area contributed by atoms with Crippen LogP contribution >= 0.6 is 0 Å². The average Bonchev–Trinajstić information content (AvgIpc) is 2.74. The Bertz CT molecular complexity index is 832. The second kappa shape index (κ2) is 9.32. The van der Waals surface area contributed by atoms with Gasteiger partial charge in [-0.3, -0.25) is 19.8 Å². The molecule has 1 heterocycles. The Morgan fingerprint density at radius 1 is 1.07 bits per heavy atom. The van der Waals surface area contributed by atoms with Gasteiger partial charge in [0.2, 0.25) is 0 Å². The molecule has 1 aliphatic rings. The van der Waals surface area contributed by atoms with E-state index in [1.54, 1.807) is 19.2 Å². The SMILES string of the molecule is COc1ccccc1N1CCN(CCCC(=O)c2ccccc2[N+](=O)[O-])CC1. The van der Waals surface area contributed by atoms with E-state index in [2.05, 4.69) is 15.9 Å². The molecule has 0 amide bonds. The van der Waals surface area contributed by atoms with Crippen LogP contribution in [0.15, 0.2) is 48.5 Å². The standard InChI is InChI=1S/C21H25N3O4/c1-28-21-11-5-4-9-19(21)23-15-13-22(14-16-23)12-6-10-20(25)17-7-2-3-8-18(17)24(26)27/h2-5,7-9,11H,6,10,12-16H2,1H3. The number of carbonyl (C=O) groups excluding carboxylic acids is 1. The number of nitro benzene ring substituents is 1. The van der Waals surface area contributed by atoms with Crippen LogP contribution in [0.3, 0.4) is 0 Å². The molecule has 1 aliphatic heterocycles. The molecule has 1 fully saturated rings. The zero-order valence-electron chi connectivity index (χ0n) is 16.0. The number of hydrogen-bond acceptors (Lipinski definition) is 6. The fourth-order valence-corrected chi connectivity index (χ4v) is 3.57. The Hall–Kier alpha value is -2.93. The Labute approximate surface area is 164 Å². The maximum atomic E-state index is 12.4. The number of piperazine rings is 1. The number of para-hydroxylation sites is 3. The highest BCUT2D eigenvalue weighted by Gasteiger charge is 2.21. The quantitative estimate of drug-likeness (QED) is 0.395. The first-order valence-electron chi connectivity index (χ1n) is 9.47. The van der Waals surface area contributed by atoms with Crippen molar-refractivity contribution in [3.05, 3.63) is 64.2 Å². The maximum Gasteiger partial charge on any atom is 0.280 e. The van der Waals surface area contributed by atoms with Crippen molar-refractivity contribution < 1.29 is 14.5 Å². The van der Waals surface area contributed by atoms with E-state index in [1.807, 2.05) is 18.2 Å². The second-order valence-electron chi connectivity index (χ2n) is 6.80. The van der Waals surface area contributed by atoms with Crippen LogP contribution in [0.4, 0.5) is 11.4 Å². The Morgan fingerprint density at radius 3 is 2.46 bits per heavy atom. The van der Waals surface area contributed by atoms with Crippen molar-refractivity contribution in [2.24, 2.45) is 0 Å². The van der Waals surface area contributed by atoms with Crippen LogP contribution in [0, 0.1) is 10.1 Å². The lowest BCUT2D eigenvalue weighted by molar-refractivity contribution is -0.385. The first-order chi connectivity index (χ1) is 13.6. The van der Waals surface area contributed by atoms with Crippen molar-refractivity contribution in [1.29, 1.82) is 0 Å². The highest BCUT2D eigenvalue weighted by atomic mass is 16.6. The van der Waals surface area contributed by atoms with Crippen LogP contribution in [-0.2, 0) is 0 Å². The van der Waals surface area contributed by atoms with E-state index in [0.29, 0.717) is 12.8 Å². The van der Waals surface area contributed by atoms with Crippen LogP contribution in [0.5, 0.6) is 5.75 Å². The monoisotopic (exact) mass is 383 g/mol. The van der Waals surface area contributed by atoms with Gasteiger partial charge >= 0.3 is 0 Å². The number of ether oxygens (including phenoxy) is 1. The summed E-state index contributed by atoms with van der Waals surface area (Å²) in [7, 11) is 1.68. The second-order valence-corrected chi connectivity index (χ2v) is 6.80. The molecule has 0 saturated carbocycles. The number of nitro groups is 1. The molecule has 0 unspecified atom stereocenters. The van der Waals surface area contributed by atoms with Crippen molar-refractivity contribution in [3.63, 3.8) is 0 Å². The van der Waals surface area contributed by atoms with E-state index < -0.39 is 4.92 Å². The molecular weight excluding hydrogens is 358 g/mol. The number of ketones is 1. The third-order valence-corrected chi connectivity index (χ3v) is 5.08. The summed E-state index contributed by atoms with van der Waals surface area (Å²) >= 11 is 0. The number of hydrogen-bond donors (Lipinski definition) is 0. The topological polar surface area (TPSA) is 75.9 Å². The molecule has 0 spiro atoms. The summed E-state index contributed by atoms with van der Waals surface area (Å²) in [6, 6.07) is 14.2. The minimum atomic E-state index is -0.496. The van der Waals surface area contributed by atoms with Crippen LogP contribution in [0.25, 0.3) is 0 Å². The van der Waals surface area contributed by atoms with Crippen molar-refractivity contribution in [2.75, 3.05) is 44.7 Å². The summed E-state index contributed by atoms with van der Waals surface area (Å²) < 4.78 is 5.44. The van der Waals surface area contributed by atoms with E-state index in [9.17, 15) is 14.9 Å². The van der Waals surface area contributed by atoms with Gasteiger partial charge in [0.05, 0.1) is 23.3 Å². The van der Waals surface area contributed by atoms with E-state index in [0.717, 1.165) is 44.2 Å². The van der Waals surface area contributed by atoms with Crippen LogP contribution in [-0.4, -0.2) is 55.4 Å². The lowest BCUT2D eigenvalue weighted by Gasteiger charge is -2.36. The number of benzene rings is 2. The number of Topliss-reactive ketones (excluding diaryl/α,β-unsaturated/α-hetero) is 1. The van der Waals surface area contributed by atoms with Crippen molar-refractivity contribution in [1.82, 2.24) is 4.90 Å². The molecule has 1 saturated heterocycles. The van der Waals surface area contributed by atoms with Gasteiger partial charge in [0.15, 0.2) is 5.78 Å². The van der Waals surface area contributed by atoms with Crippen LogP contribution in [0.1, 0.15) is 23.2 Å². The fraction of sp³-hybridized carbons (Fsp3) is 0.381. The molecule has 2 aromatic rings. The van der Waals surface area contributed by atoms with Crippen LogP contribution in [0.2, 0.25) is 0 Å². The predicted molar refractivity (Wildman–Crippen MR) is 108 cm³/mol. The molecule has 0 N–H and O–H groups in total. The Balaban J connectivity index is 1.47. The molecule has 0 bridgehead atoms. The van der Waals surface area contributed by atoms with Gasteiger partial charge in [0.25, 0.3) is 5.69 Å². The third kappa shape index (κ3) is 4.67. The fourth-order valence-electron chi connectivity index (χ4n) is 3.57. The number of methoxy groups -OCH3 is 1. The molecule has 0 radical (unpaired) electrons. The molecule has 28 heavy (non-hydrogen) atoms. The van der Waals surface area contributed by atoms with Crippen molar-refractivity contribution in [2.45, 2.75) is 12.8 Å². The molecule has 2 aromatic carbocycles. The molecule has 0 aliphatic carbocycles. The Morgan fingerprint density at radius 2 is 1.75 bits per heavy atom. The summed E-state index contributed by atoms with van der Waals surface area (Å²) in [6.45, 7) is 4.44. The smallest absolute Gasteiger partial charge is 0.280 e. The lowest BCUT2D eigenvalue weighted by Crippen LogP contribution is -2.46. The summed E-state index contributed by atoms with van der Waals surface area (Å²) in [5.74, 6) is 0.714. The minimum Gasteiger partial charge on any atom is -0.495 e. The normalized spacial score (nSPS) is 14.7. The summed E-state index contributed by atoms with van der Waals surface area (Å²) in [5.41, 5.74) is 1.20. The van der Waals surface area contributed by atoms with Gasteiger partial charge in [-0.05, 0) is 31.2 Å². The molecule has 0 aromatic heterocycles. The van der Waals surface area contributed by atoms with Gasteiger partial charge in [-0.15, -0.1) is 0 Å².